The molecule has 7 unspecified atom stereocenters. The summed E-state index contributed by atoms with van der Waals surface area (Å²) in [4.78, 5) is 55.2. The molecule has 10 atom stereocenters. The molecule has 6 rings (SSSR count). The van der Waals surface area contributed by atoms with Crippen molar-refractivity contribution >= 4 is 23.8 Å². The summed E-state index contributed by atoms with van der Waals surface area (Å²) in [6.45, 7) is 6.90. The highest BCUT2D eigenvalue weighted by atomic mass is 16.6. The van der Waals surface area contributed by atoms with Gasteiger partial charge in [0.15, 0.2) is 12.2 Å². The number of carbonyl (C=O) groups is 4. The fourth-order valence-corrected chi connectivity index (χ4v) is 7.69. The Balaban J connectivity index is 1.29. The van der Waals surface area contributed by atoms with Crippen molar-refractivity contribution in [3.05, 3.63) is 143 Å². The minimum atomic E-state index is -2.05. The van der Waals surface area contributed by atoms with E-state index in [9.17, 15) is 29.4 Å². The standard InChI is InChI=1S/C48H58N4O10/c1-27(2)37(49)47(57)61-35-23-31-19-11-13-21-33(31)39(35)51-45(55)43(59-25-29-15-7-5-8-16-29)41(53)42(54)44(60-26-30-17-9-6-10-18-30)46(56)52-40-34-22-14-12-20-32(34)24-36(40)62-48(58)38(50)28(3)4/h5-22,27-28,35-44,53-54H,23-26,49-50H2,1-4H3,(H,51,55)(H,52,56)/t35?,36?,37?,38?,39-,40?,41?,42?,43+,44+/m0/s1. The van der Waals surface area contributed by atoms with E-state index in [2.05, 4.69) is 10.6 Å². The average molecular weight is 851 g/mol. The van der Waals surface area contributed by atoms with E-state index in [1.54, 1.807) is 88.4 Å². The topological polar surface area (TPSA) is 222 Å². The Morgan fingerprint density at radius 2 is 0.903 bits per heavy atom. The van der Waals surface area contributed by atoms with Crippen molar-refractivity contribution in [1.29, 1.82) is 0 Å². The Kier molecular flexibility index (Phi) is 15.6. The van der Waals surface area contributed by atoms with Crippen LogP contribution in [0.15, 0.2) is 109 Å². The van der Waals surface area contributed by atoms with Gasteiger partial charge in [-0.25, -0.2) is 0 Å². The summed E-state index contributed by atoms with van der Waals surface area (Å²) in [5.41, 5.74) is 16.7. The first-order valence-electron chi connectivity index (χ1n) is 21.1. The second-order valence-corrected chi connectivity index (χ2v) is 16.7. The number of nitrogens with two attached hydrogens (primary N) is 2. The molecule has 0 aromatic heterocycles. The van der Waals surface area contributed by atoms with Gasteiger partial charge >= 0.3 is 11.9 Å². The number of aliphatic hydroxyl groups is 2. The van der Waals surface area contributed by atoms with Gasteiger partial charge in [0.05, 0.1) is 25.3 Å². The van der Waals surface area contributed by atoms with E-state index in [0.29, 0.717) is 22.3 Å². The molecule has 14 heteroatoms. The maximum atomic E-state index is 14.5. The van der Waals surface area contributed by atoms with Crippen LogP contribution in [0.2, 0.25) is 0 Å². The van der Waals surface area contributed by atoms with Crippen molar-refractivity contribution in [2.24, 2.45) is 23.3 Å². The third kappa shape index (κ3) is 11.1. The number of nitrogens with one attached hydrogen (secondary N) is 2. The van der Waals surface area contributed by atoms with Crippen LogP contribution in [0.5, 0.6) is 0 Å². The molecule has 2 aliphatic rings. The van der Waals surface area contributed by atoms with Crippen LogP contribution in [-0.2, 0) is 64.2 Å². The first-order chi connectivity index (χ1) is 29.7. The predicted octanol–water partition coefficient (Wildman–Crippen LogP) is 3.50. The van der Waals surface area contributed by atoms with Crippen LogP contribution < -0.4 is 22.1 Å². The zero-order valence-corrected chi connectivity index (χ0v) is 35.5. The van der Waals surface area contributed by atoms with Gasteiger partial charge in [-0.15, -0.1) is 0 Å². The first kappa shape index (κ1) is 46.0. The van der Waals surface area contributed by atoms with E-state index in [4.69, 9.17) is 30.4 Å². The molecule has 4 aromatic carbocycles. The number of benzene rings is 4. The average Bonchev–Trinajstić information content (AvgIpc) is 3.79. The first-order valence-corrected chi connectivity index (χ1v) is 21.1. The number of rotatable bonds is 19. The van der Waals surface area contributed by atoms with E-state index in [1.807, 2.05) is 48.5 Å². The molecule has 2 amide bonds. The summed E-state index contributed by atoms with van der Waals surface area (Å²) in [5.74, 6) is -3.34. The van der Waals surface area contributed by atoms with E-state index >= 15 is 0 Å². The summed E-state index contributed by atoms with van der Waals surface area (Å²) >= 11 is 0. The van der Waals surface area contributed by atoms with Crippen LogP contribution in [0.4, 0.5) is 0 Å². The molecular weight excluding hydrogens is 793 g/mol. The van der Waals surface area contributed by atoms with Gasteiger partial charge in [-0.05, 0) is 45.2 Å². The number of esters is 2. The fraction of sp³-hybridized carbons (Fsp3) is 0.417. The highest BCUT2D eigenvalue weighted by Gasteiger charge is 2.46. The number of aliphatic hydroxyl groups excluding tert-OH is 2. The van der Waals surface area contributed by atoms with Gasteiger partial charge in [0.1, 0.15) is 36.5 Å². The molecular formula is C48H58N4O10. The van der Waals surface area contributed by atoms with Gasteiger partial charge in [0.2, 0.25) is 0 Å². The molecule has 0 heterocycles. The van der Waals surface area contributed by atoms with Crippen molar-refractivity contribution in [2.45, 2.75) is 115 Å². The minimum absolute atomic E-state index is 0.155. The maximum Gasteiger partial charge on any atom is 0.323 e. The largest absolute Gasteiger partial charge is 0.458 e. The lowest BCUT2D eigenvalue weighted by atomic mass is 9.99. The lowest BCUT2D eigenvalue weighted by molar-refractivity contribution is -0.172. The van der Waals surface area contributed by atoms with E-state index < -0.39 is 84.5 Å². The summed E-state index contributed by atoms with van der Waals surface area (Å²) in [7, 11) is 0. The summed E-state index contributed by atoms with van der Waals surface area (Å²) in [5, 5.41) is 30.0. The molecule has 0 aliphatic heterocycles. The third-order valence-corrected chi connectivity index (χ3v) is 11.5. The normalized spacial score (nSPS) is 20.9. The summed E-state index contributed by atoms with van der Waals surface area (Å²) in [6.07, 6.45) is -8.76. The van der Waals surface area contributed by atoms with Gasteiger partial charge in [0, 0.05) is 12.8 Å². The Hall–Kier alpha value is -5.48. The molecule has 2 aliphatic carbocycles. The zero-order valence-electron chi connectivity index (χ0n) is 35.5. The van der Waals surface area contributed by atoms with E-state index in [1.165, 1.54) is 0 Å². The van der Waals surface area contributed by atoms with Crippen LogP contribution in [0, 0.1) is 11.8 Å². The molecule has 0 saturated carbocycles. The number of fused-ring (bicyclic) bond motifs is 2. The van der Waals surface area contributed by atoms with Gasteiger partial charge < -0.3 is 51.3 Å². The van der Waals surface area contributed by atoms with Gasteiger partial charge in [-0.1, -0.05) is 137 Å². The van der Waals surface area contributed by atoms with Crippen molar-refractivity contribution in [3.8, 4) is 0 Å². The SMILES string of the molecule is CC(C)C(N)C(=O)OC1Cc2ccccc2C1NC(=O)[C@H](OCc1ccccc1)C(O)C(O)[C@@H](OCc1ccccc1)C(=O)N[C@H]1c2ccccc2CC1OC(=O)C(N)C(C)C. The van der Waals surface area contributed by atoms with Gasteiger partial charge in [-0.2, -0.15) is 0 Å². The highest BCUT2D eigenvalue weighted by molar-refractivity contribution is 5.85. The molecule has 0 saturated heterocycles. The molecule has 0 spiro atoms. The number of hydrogen-bond donors (Lipinski definition) is 6. The predicted molar refractivity (Wildman–Crippen MR) is 229 cm³/mol. The molecule has 0 radical (unpaired) electrons. The van der Waals surface area contributed by atoms with Crippen molar-refractivity contribution in [2.75, 3.05) is 0 Å². The zero-order chi connectivity index (χ0) is 44.5. The lowest BCUT2D eigenvalue weighted by Crippen LogP contribution is -2.57. The quantitative estimate of drug-likeness (QED) is 0.0747. The number of ether oxygens (including phenoxy) is 4. The van der Waals surface area contributed by atoms with Gasteiger partial charge in [0.25, 0.3) is 11.8 Å². The van der Waals surface area contributed by atoms with Crippen LogP contribution in [-0.4, -0.2) is 82.7 Å². The molecule has 4 aromatic rings. The van der Waals surface area contributed by atoms with Crippen molar-refractivity contribution in [1.82, 2.24) is 10.6 Å². The molecule has 330 valence electrons. The number of carbonyl (C=O) groups excluding carboxylic acids is 4. The van der Waals surface area contributed by atoms with E-state index in [0.717, 1.165) is 11.1 Å². The maximum absolute atomic E-state index is 14.5. The monoisotopic (exact) mass is 850 g/mol. The third-order valence-electron chi connectivity index (χ3n) is 11.5. The fourth-order valence-electron chi connectivity index (χ4n) is 7.69. The summed E-state index contributed by atoms with van der Waals surface area (Å²) in [6, 6.07) is 29.0. The lowest BCUT2D eigenvalue weighted by Gasteiger charge is -2.33. The molecule has 8 N–H and O–H groups in total. The van der Waals surface area contributed by atoms with Crippen LogP contribution in [0.3, 0.4) is 0 Å². The summed E-state index contributed by atoms with van der Waals surface area (Å²) < 4.78 is 24.0. The molecule has 0 fully saturated rings. The van der Waals surface area contributed by atoms with Crippen LogP contribution >= 0.6 is 0 Å². The van der Waals surface area contributed by atoms with Crippen LogP contribution in [0.25, 0.3) is 0 Å². The van der Waals surface area contributed by atoms with Crippen molar-refractivity contribution < 1.29 is 48.3 Å². The molecule has 14 nitrogen and oxygen atoms in total. The minimum Gasteiger partial charge on any atom is -0.458 e. The Morgan fingerprint density at radius 1 is 0.565 bits per heavy atom. The Bertz CT molecular complexity index is 1990. The van der Waals surface area contributed by atoms with E-state index in [-0.39, 0.29) is 37.9 Å². The Morgan fingerprint density at radius 3 is 1.26 bits per heavy atom. The van der Waals surface area contributed by atoms with Crippen molar-refractivity contribution in [3.63, 3.8) is 0 Å². The van der Waals surface area contributed by atoms with Gasteiger partial charge in [-0.3, -0.25) is 19.2 Å². The molecule has 0 bridgehead atoms. The highest BCUT2D eigenvalue weighted by Crippen LogP contribution is 2.36. The second kappa shape index (κ2) is 21.1. The second-order valence-electron chi connectivity index (χ2n) is 16.7. The number of amides is 2. The van der Waals surface area contributed by atoms with Crippen LogP contribution in [0.1, 0.15) is 73.2 Å². The smallest absolute Gasteiger partial charge is 0.323 e. The molecule has 62 heavy (non-hydrogen) atoms. The Labute approximate surface area is 362 Å². The number of hydrogen-bond acceptors (Lipinski definition) is 12.